The molecule has 0 aliphatic carbocycles. The second-order valence-electron chi connectivity index (χ2n) is 5.36. The molecule has 1 aromatic rings. The Balaban J connectivity index is 2.34. The molecule has 1 aromatic heterocycles. The lowest BCUT2D eigenvalue weighted by Crippen LogP contribution is -2.52. The van der Waals surface area contributed by atoms with Crippen LogP contribution in [0.5, 0.6) is 5.75 Å². The highest BCUT2D eigenvalue weighted by atomic mass is 16.5. The summed E-state index contributed by atoms with van der Waals surface area (Å²) in [6.45, 7) is 6.96. The van der Waals surface area contributed by atoms with Crippen molar-refractivity contribution < 1.29 is 19.1 Å². The third-order valence-corrected chi connectivity index (χ3v) is 3.60. The van der Waals surface area contributed by atoms with Crippen molar-refractivity contribution in [2.75, 3.05) is 10.6 Å². The molecular weight excluding hydrogens is 286 g/mol. The molecule has 1 aliphatic rings. The van der Waals surface area contributed by atoms with Crippen molar-refractivity contribution in [3.63, 3.8) is 0 Å². The van der Waals surface area contributed by atoms with E-state index in [-0.39, 0.29) is 23.6 Å². The van der Waals surface area contributed by atoms with Crippen LogP contribution in [-0.4, -0.2) is 35.1 Å². The Morgan fingerprint density at radius 2 is 2.18 bits per heavy atom. The van der Waals surface area contributed by atoms with Gasteiger partial charge in [-0.2, -0.15) is 0 Å². The predicted octanol–water partition coefficient (Wildman–Crippen LogP) is 1.51. The number of nitrogens with two attached hydrogens (primary N) is 1. The fraction of sp³-hybridized carbons (Fsp3) is 0.533. The van der Waals surface area contributed by atoms with Gasteiger partial charge in [0.1, 0.15) is 11.9 Å². The number of carbonyl (C=O) groups excluding carboxylic acids is 2. The van der Waals surface area contributed by atoms with E-state index in [0.29, 0.717) is 12.2 Å². The van der Waals surface area contributed by atoms with Crippen LogP contribution >= 0.6 is 0 Å². The van der Waals surface area contributed by atoms with Crippen LogP contribution in [0, 0.1) is 0 Å². The number of hydrogen-bond donors (Lipinski definition) is 1. The summed E-state index contributed by atoms with van der Waals surface area (Å²) in [6, 6.07) is 2.42. The van der Waals surface area contributed by atoms with Crippen molar-refractivity contribution in [3.8, 4) is 5.75 Å². The van der Waals surface area contributed by atoms with E-state index in [2.05, 4.69) is 4.98 Å². The van der Waals surface area contributed by atoms with Crippen LogP contribution in [0.25, 0.3) is 0 Å². The Morgan fingerprint density at radius 3 is 2.82 bits per heavy atom. The Labute approximate surface area is 129 Å². The van der Waals surface area contributed by atoms with E-state index in [0.717, 1.165) is 0 Å². The zero-order chi connectivity index (χ0) is 16.4. The average molecular weight is 307 g/mol. The maximum atomic E-state index is 12.4. The SMILES string of the molecule is CCC(C)OC(=O)C(C)N1C(=O)C(C)Oc2ccc(N)nc21. The van der Waals surface area contributed by atoms with Gasteiger partial charge in [-0.3, -0.25) is 9.69 Å². The fourth-order valence-electron chi connectivity index (χ4n) is 2.12. The number of aromatic nitrogens is 1. The number of fused-ring (bicyclic) bond motifs is 1. The van der Waals surface area contributed by atoms with Crippen LogP contribution in [0.3, 0.4) is 0 Å². The first kappa shape index (κ1) is 16.1. The number of nitrogen functional groups attached to an aromatic ring is 1. The number of nitrogens with zero attached hydrogens (tertiary/aromatic N) is 2. The lowest BCUT2D eigenvalue weighted by molar-refractivity contribution is -0.151. The minimum atomic E-state index is -0.805. The minimum absolute atomic E-state index is 0.211. The van der Waals surface area contributed by atoms with Crippen molar-refractivity contribution in [2.45, 2.75) is 52.4 Å². The molecule has 1 amide bonds. The average Bonchev–Trinajstić information content (AvgIpc) is 2.48. The van der Waals surface area contributed by atoms with Crippen molar-refractivity contribution in [1.29, 1.82) is 0 Å². The molecule has 2 rings (SSSR count). The van der Waals surface area contributed by atoms with Gasteiger partial charge >= 0.3 is 5.97 Å². The van der Waals surface area contributed by atoms with Gasteiger partial charge < -0.3 is 15.2 Å². The second kappa shape index (κ2) is 6.21. The Bertz CT molecular complexity index is 590. The van der Waals surface area contributed by atoms with Crippen LogP contribution in [0.2, 0.25) is 0 Å². The molecule has 120 valence electrons. The quantitative estimate of drug-likeness (QED) is 0.847. The number of esters is 1. The van der Waals surface area contributed by atoms with Gasteiger partial charge in [-0.25, -0.2) is 9.78 Å². The molecule has 22 heavy (non-hydrogen) atoms. The summed E-state index contributed by atoms with van der Waals surface area (Å²) in [7, 11) is 0. The Hall–Kier alpha value is -2.31. The smallest absolute Gasteiger partial charge is 0.329 e. The second-order valence-corrected chi connectivity index (χ2v) is 5.36. The summed E-state index contributed by atoms with van der Waals surface area (Å²) < 4.78 is 10.8. The first-order valence-corrected chi connectivity index (χ1v) is 7.31. The summed E-state index contributed by atoms with van der Waals surface area (Å²) in [5.41, 5.74) is 5.68. The summed E-state index contributed by atoms with van der Waals surface area (Å²) >= 11 is 0. The highest BCUT2D eigenvalue weighted by Crippen LogP contribution is 2.34. The number of ether oxygens (including phenoxy) is 2. The molecule has 2 N–H and O–H groups in total. The van der Waals surface area contributed by atoms with E-state index < -0.39 is 18.1 Å². The maximum Gasteiger partial charge on any atom is 0.329 e. The van der Waals surface area contributed by atoms with Crippen molar-refractivity contribution in [3.05, 3.63) is 12.1 Å². The standard InChI is InChI=1S/C15H21N3O4/c1-5-8(2)21-15(20)9(3)18-13-11(6-7-12(16)17-13)22-10(4)14(18)19/h6-10H,5H2,1-4H3,(H2,16,17). The third kappa shape index (κ3) is 2.98. The zero-order valence-corrected chi connectivity index (χ0v) is 13.2. The van der Waals surface area contributed by atoms with Gasteiger partial charge in [0, 0.05) is 0 Å². The van der Waals surface area contributed by atoms with E-state index in [9.17, 15) is 9.59 Å². The van der Waals surface area contributed by atoms with E-state index in [1.54, 1.807) is 32.9 Å². The number of carbonyl (C=O) groups is 2. The van der Waals surface area contributed by atoms with Crippen LogP contribution in [0.15, 0.2) is 12.1 Å². The molecule has 3 atom stereocenters. The summed E-state index contributed by atoms with van der Waals surface area (Å²) in [5, 5.41) is 0. The topological polar surface area (TPSA) is 94.8 Å². The molecular formula is C15H21N3O4. The number of anilines is 2. The molecule has 0 radical (unpaired) electrons. The summed E-state index contributed by atoms with van der Waals surface area (Å²) in [6.07, 6.45) is -0.207. The molecule has 3 unspecified atom stereocenters. The molecule has 7 nitrogen and oxygen atoms in total. The number of rotatable bonds is 4. The van der Waals surface area contributed by atoms with Crippen LogP contribution in [-0.2, 0) is 14.3 Å². The molecule has 1 aliphatic heterocycles. The lowest BCUT2D eigenvalue weighted by atomic mass is 10.2. The number of pyridine rings is 1. The van der Waals surface area contributed by atoms with Crippen LogP contribution < -0.4 is 15.4 Å². The highest BCUT2D eigenvalue weighted by molar-refractivity contribution is 6.03. The van der Waals surface area contributed by atoms with Gasteiger partial charge in [0.2, 0.25) is 0 Å². The van der Waals surface area contributed by atoms with Crippen molar-refractivity contribution in [2.24, 2.45) is 0 Å². The molecule has 0 saturated carbocycles. The molecule has 0 saturated heterocycles. The lowest BCUT2D eigenvalue weighted by Gasteiger charge is -2.35. The van der Waals surface area contributed by atoms with Crippen molar-refractivity contribution in [1.82, 2.24) is 4.98 Å². The van der Waals surface area contributed by atoms with E-state index in [1.807, 2.05) is 6.92 Å². The Morgan fingerprint density at radius 1 is 1.50 bits per heavy atom. The first-order chi connectivity index (χ1) is 10.3. The highest BCUT2D eigenvalue weighted by Gasteiger charge is 2.39. The van der Waals surface area contributed by atoms with Gasteiger partial charge in [0.05, 0.1) is 6.10 Å². The predicted molar refractivity (Wildman–Crippen MR) is 81.5 cm³/mol. The first-order valence-electron chi connectivity index (χ1n) is 7.31. The third-order valence-electron chi connectivity index (χ3n) is 3.60. The molecule has 0 spiro atoms. The van der Waals surface area contributed by atoms with Gasteiger partial charge in [0.25, 0.3) is 5.91 Å². The van der Waals surface area contributed by atoms with E-state index >= 15 is 0 Å². The molecule has 7 heteroatoms. The van der Waals surface area contributed by atoms with Gasteiger partial charge in [-0.15, -0.1) is 0 Å². The maximum absolute atomic E-state index is 12.4. The summed E-state index contributed by atoms with van der Waals surface area (Å²) in [4.78, 5) is 30.1. The van der Waals surface area contributed by atoms with E-state index in [1.165, 1.54) is 4.90 Å². The van der Waals surface area contributed by atoms with Gasteiger partial charge in [-0.1, -0.05) is 6.92 Å². The zero-order valence-electron chi connectivity index (χ0n) is 13.2. The monoisotopic (exact) mass is 307 g/mol. The van der Waals surface area contributed by atoms with Crippen molar-refractivity contribution >= 4 is 23.5 Å². The summed E-state index contributed by atoms with van der Waals surface area (Å²) in [5.74, 6) is 0.0876. The minimum Gasteiger partial charge on any atom is -0.477 e. The van der Waals surface area contributed by atoms with Crippen LogP contribution in [0.4, 0.5) is 11.6 Å². The number of amides is 1. The Kier molecular flexibility index (Phi) is 4.54. The van der Waals surface area contributed by atoms with Crippen LogP contribution in [0.1, 0.15) is 34.1 Å². The fourth-order valence-corrected chi connectivity index (χ4v) is 2.12. The molecule has 0 bridgehead atoms. The molecule has 0 aromatic carbocycles. The molecule has 2 heterocycles. The van der Waals surface area contributed by atoms with Gasteiger partial charge in [0.15, 0.2) is 17.7 Å². The van der Waals surface area contributed by atoms with Gasteiger partial charge in [-0.05, 0) is 39.3 Å². The number of hydrogen-bond acceptors (Lipinski definition) is 6. The normalized spacial score (nSPS) is 19.9. The largest absolute Gasteiger partial charge is 0.477 e. The van der Waals surface area contributed by atoms with E-state index in [4.69, 9.17) is 15.2 Å². The molecule has 0 fully saturated rings.